The molecule has 3 aliphatic rings. The zero-order valence-corrected chi connectivity index (χ0v) is 14.4. The van der Waals surface area contributed by atoms with Crippen molar-refractivity contribution in [2.45, 2.75) is 24.5 Å². The van der Waals surface area contributed by atoms with E-state index in [1.807, 2.05) is 0 Å². The third kappa shape index (κ3) is 2.01. The Kier molecular flexibility index (Phi) is 2.98. The Labute approximate surface area is 157 Å². The lowest BCUT2D eigenvalue weighted by Crippen LogP contribution is -2.39. The molecule has 0 bridgehead atoms. The van der Waals surface area contributed by atoms with E-state index < -0.39 is 12.3 Å². The van der Waals surface area contributed by atoms with Crippen LogP contribution in [0.3, 0.4) is 0 Å². The molecule has 0 spiro atoms. The SMILES string of the molecule is Nc1ncnc2c1ncn2C1OC(CN2C(=O)c3ccccc3C2=O)C2OC21. The smallest absolute Gasteiger partial charge is 0.261 e. The normalized spacial score (nSPS) is 28.1. The summed E-state index contributed by atoms with van der Waals surface area (Å²) in [6, 6.07) is 6.80. The van der Waals surface area contributed by atoms with E-state index in [4.69, 9.17) is 15.2 Å². The van der Waals surface area contributed by atoms with Gasteiger partial charge in [-0.25, -0.2) is 15.0 Å². The number of rotatable bonds is 3. The van der Waals surface area contributed by atoms with Gasteiger partial charge in [0.05, 0.1) is 24.0 Å². The number of anilines is 1. The average molecular weight is 378 g/mol. The molecule has 10 nitrogen and oxygen atoms in total. The number of nitrogens with zero attached hydrogens (tertiary/aromatic N) is 5. The molecule has 10 heteroatoms. The maximum atomic E-state index is 12.6. The number of hydrogen-bond acceptors (Lipinski definition) is 8. The highest BCUT2D eigenvalue weighted by Gasteiger charge is 2.60. The van der Waals surface area contributed by atoms with E-state index in [1.54, 1.807) is 35.2 Å². The van der Waals surface area contributed by atoms with Crippen molar-refractivity contribution in [3.05, 3.63) is 48.0 Å². The van der Waals surface area contributed by atoms with Gasteiger partial charge in [-0.05, 0) is 12.1 Å². The van der Waals surface area contributed by atoms with Gasteiger partial charge in [-0.15, -0.1) is 0 Å². The Morgan fingerprint density at radius 1 is 1.00 bits per heavy atom. The van der Waals surface area contributed by atoms with Crippen molar-refractivity contribution >= 4 is 28.8 Å². The van der Waals surface area contributed by atoms with Gasteiger partial charge in [0.1, 0.15) is 30.2 Å². The molecule has 140 valence electrons. The van der Waals surface area contributed by atoms with Gasteiger partial charge in [0, 0.05) is 0 Å². The average Bonchev–Trinajstić information content (AvgIpc) is 3.16. The summed E-state index contributed by atoms with van der Waals surface area (Å²) in [6.07, 6.45) is 1.70. The first-order valence-corrected chi connectivity index (χ1v) is 8.82. The molecule has 28 heavy (non-hydrogen) atoms. The minimum absolute atomic E-state index is 0.133. The molecule has 5 heterocycles. The molecular weight excluding hydrogens is 364 g/mol. The lowest BCUT2D eigenvalue weighted by molar-refractivity contribution is -0.0701. The van der Waals surface area contributed by atoms with Gasteiger partial charge in [-0.3, -0.25) is 19.1 Å². The Hall–Kier alpha value is -3.37. The first kappa shape index (κ1) is 15.7. The summed E-state index contributed by atoms with van der Waals surface area (Å²) >= 11 is 0. The number of carbonyl (C=O) groups excluding carboxylic acids is 2. The Bertz CT molecular complexity index is 1120. The molecule has 2 fully saturated rings. The van der Waals surface area contributed by atoms with E-state index in [1.165, 1.54) is 11.2 Å². The van der Waals surface area contributed by atoms with Crippen LogP contribution in [0.15, 0.2) is 36.9 Å². The second-order valence-corrected chi connectivity index (χ2v) is 6.98. The van der Waals surface area contributed by atoms with E-state index in [0.29, 0.717) is 22.3 Å². The third-order valence-electron chi connectivity index (χ3n) is 5.43. The first-order chi connectivity index (χ1) is 13.6. The van der Waals surface area contributed by atoms with Crippen LogP contribution in [0.2, 0.25) is 0 Å². The van der Waals surface area contributed by atoms with Crippen LogP contribution in [0.1, 0.15) is 26.9 Å². The van der Waals surface area contributed by atoms with Gasteiger partial charge in [-0.2, -0.15) is 0 Å². The van der Waals surface area contributed by atoms with E-state index in [-0.39, 0.29) is 36.4 Å². The van der Waals surface area contributed by atoms with Crippen LogP contribution < -0.4 is 5.73 Å². The topological polar surface area (TPSA) is 129 Å². The summed E-state index contributed by atoms with van der Waals surface area (Å²) in [5.41, 5.74) is 7.72. The van der Waals surface area contributed by atoms with Gasteiger partial charge in [-0.1, -0.05) is 12.1 Å². The van der Waals surface area contributed by atoms with Crippen LogP contribution >= 0.6 is 0 Å². The van der Waals surface area contributed by atoms with Crippen molar-refractivity contribution in [1.29, 1.82) is 0 Å². The number of fused-ring (bicyclic) bond motifs is 3. The highest BCUT2D eigenvalue weighted by molar-refractivity contribution is 6.21. The molecule has 2 saturated heterocycles. The Morgan fingerprint density at radius 2 is 1.75 bits per heavy atom. The van der Waals surface area contributed by atoms with E-state index in [9.17, 15) is 9.59 Å². The van der Waals surface area contributed by atoms with Crippen LogP contribution in [0.5, 0.6) is 0 Å². The minimum Gasteiger partial charge on any atom is -0.382 e. The number of amides is 2. The largest absolute Gasteiger partial charge is 0.382 e. The van der Waals surface area contributed by atoms with E-state index in [2.05, 4.69) is 15.0 Å². The van der Waals surface area contributed by atoms with Crippen molar-refractivity contribution in [2.75, 3.05) is 12.3 Å². The number of epoxide rings is 1. The highest BCUT2D eigenvalue weighted by Crippen LogP contribution is 2.46. The van der Waals surface area contributed by atoms with Gasteiger partial charge >= 0.3 is 0 Å². The van der Waals surface area contributed by atoms with Gasteiger partial charge < -0.3 is 15.2 Å². The van der Waals surface area contributed by atoms with Crippen LogP contribution in [0.25, 0.3) is 11.2 Å². The number of nitrogens with two attached hydrogens (primary N) is 1. The number of hydrogen-bond donors (Lipinski definition) is 1. The van der Waals surface area contributed by atoms with Crippen LogP contribution in [-0.2, 0) is 9.47 Å². The summed E-state index contributed by atoms with van der Waals surface area (Å²) in [5.74, 6) is -0.325. The molecule has 2 amide bonds. The van der Waals surface area contributed by atoms with E-state index in [0.717, 1.165) is 0 Å². The van der Waals surface area contributed by atoms with Crippen molar-refractivity contribution in [3.8, 4) is 0 Å². The van der Waals surface area contributed by atoms with E-state index >= 15 is 0 Å². The highest BCUT2D eigenvalue weighted by atomic mass is 16.7. The molecule has 0 radical (unpaired) electrons. The molecule has 4 atom stereocenters. The van der Waals surface area contributed by atoms with Gasteiger partial charge in [0.15, 0.2) is 17.7 Å². The molecule has 6 rings (SSSR count). The van der Waals surface area contributed by atoms with Crippen molar-refractivity contribution in [1.82, 2.24) is 24.4 Å². The number of carbonyl (C=O) groups is 2. The maximum absolute atomic E-state index is 12.6. The summed E-state index contributed by atoms with van der Waals surface area (Å²) < 4.78 is 13.6. The zero-order chi connectivity index (χ0) is 19.0. The van der Waals surface area contributed by atoms with Gasteiger partial charge in [0.25, 0.3) is 11.8 Å². The lowest BCUT2D eigenvalue weighted by Gasteiger charge is -2.22. The van der Waals surface area contributed by atoms with Crippen molar-refractivity contribution < 1.29 is 19.1 Å². The third-order valence-corrected chi connectivity index (χ3v) is 5.43. The first-order valence-electron chi connectivity index (χ1n) is 8.82. The molecule has 0 saturated carbocycles. The molecule has 2 aromatic heterocycles. The fourth-order valence-electron chi connectivity index (χ4n) is 4.01. The molecular formula is C18H14N6O4. The van der Waals surface area contributed by atoms with Crippen molar-refractivity contribution in [3.63, 3.8) is 0 Å². The maximum Gasteiger partial charge on any atom is 0.261 e. The molecule has 3 aromatic rings. The Balaban J connectivity index is 1.26. The van der Waals surface area contributed by atoms with Crippen molar-refractivity contribution in [2.24, 2.45) is 0 Å². The zero-order valence-electron chi connectivity index (χ0n) is 14.4. The minimum atomic E-state index is -0.454. The lowest BCUT2D eigenvalue weighted by atomic mass is 10.1. The summed E-state index contributed by atoms with van der Waals surface area (Å²) in [7, 11) is 0. The number of imidazole rings is 1. The van der Waals surface area contributed by atoms with Crippen LogP contribution in [0.4, 0.5) is 5.82 Å². The molecule has 4 unspecified atom stereocenters. The van der Waals surface area contributed by atoms with Crippen LogP contribution in [0, 0.1) is 0 Å². The number of nitrogen functional groups attached to an aromatic ring is 1. The number of imide groups is 1. The quantitative estimate of drug-likeness (QED) is 0.511. The van der Waals surface area contributed by atoms with Crippen LogP contribution in [-0.4, -0.2) is 61.1 Å². The fourth-order valence-corrected chi connectivity index (χ4v) is 4.01. The summed E-state index contributed by atoms with van der Waals surface area (Å²) in [6.45, 7) is 0.133. The fraction of sp³-hybridized carbons (Fsp3) is 0.278. The summed E-state index contributed by atoms with van der Waals surface area (Å²) in [4.78, 5) is 38.8. The predicted octanol–water partition coefficient (Wildman–Crippen LogP) is 0.369. The molecule has 0 aliphatic carbocycles. The number of aromatic nitrogens is 4. The second-order valence-electron chi connectivity index (χ2n) is 6.98. The second kappa shape index (κ2) is 5.33. The standard InChI is InChI=1S/C18H14N6O4/c19-14-11-15(21-6-20-14)24(7-22-11)18-13-12(28-13)10(27-18)5-23-16(25)8-3-1-2-4-9(8)17(23)26/h1-4,6-7,10,12-13,18H,5H2,(H2,19,20,21). The predicted molar refractivity (Wildman–Crippen MR) is 94.1 cm³/mol. The van der Waals surface area contributed by atoms with Gasteiger partial charge in [0.2, 0.25) is 0 Å². The molecule has 2 N–H and O–H groups in total. The molecule has 1 aromatic carbocycles. The number of benzene rings is 1. The molecule has 3 aliphatic heterocycles. The Morgan fingerprint density at radius 3 is 2.50 bits per heavy atom. The number of ether oxygens (including phenoxy) is 2. The monoisotopic (exact) mass is 378 g/mol. The summed E-state index contributed by atoms with van der Waals surface area (Å²) in [5, 5.41) is 0.